The SMILES string of the molecule is O=[N+]([O-])[C@@H]1CO[C@H](O)C[C@H]1c1ccc2ccccc2c1. The van der Waals surface area contributed by atoms with Crippen molar-refractivity contribution in [2.24, 2.45) is 0 Å². The minimum Gasteiger partial charge on any atom is -0.368 e. The third-order valence-corrected chi connectivity index (χ3v) is 3.85. The number of rotatable bonds is 2. The number of nitrogens with zero attached hydrogens (tertiary/aromatic N) is 1. The summed E-state index contributed by atoms with van der Waals surface area (Å²) in [6.45, 7) is -0.0499. The molecule has 20 heavy (non-hydrogen) atoms. The van der Waals surface area contributed by atoms with Crippen LogP contribution in [0.1, 0.15) is 17.9 Å². The normalized spacial score (nSPS) is 26.6. The average molecular weight is 273 g/mol. The van der Waals surface area contributed by atoms with Crippen molar-refractivity contribution >= 4 is 10.8 Å². The molecule has 104 valence electrons. The molecule has 0 saturated carbocycles. The molecule has 1 aliphatic heterocycles. The van der Waals surface area contributed by atoms with Gasteiger partial charge in [-0.1, -0.05) is 42.5 Å². The Labute approximate surface area is 115 Å². The maximum atomic E-state index is 11.2. The molecule has 1 aliphatic rings. The van der Waals surface area contributed by atoms with E-state index in [2.05, 4.69) is 0 Å². The van der Waals surface area contributed by atoms with Crippen LogP contribution >= 0.6 is 0 Å². The highest BCUT2D eigenvalue weighted by atomic mass is 16.6. The Morgan fingerprint density at radius 1 is 1.20 bits per heavy atom. The van der Waals surface area contributed by atoms with Crippen LogP contribution < -0.4 is 0 Å². The topological polar surface area (TPSA) is 72.6 Å². The van der Waals surface area contributed by atoms with E-state index in [1.165, 1.54) is 0 Å². The second-order valence-corrected chi connectivity index (χ2v) is 5.09. The first kappa shape index (κ1) is 13.0. The first-order valence-corrected chi connectivity index (χ1v) is 6.57. The number of aliphatic hydroxyl groups is 1. The molecule has 1 heterocycles. The van der Waals surface area contributed by atoms with Crippen molar-refractivity contribution in [3.05, 3.63) is 58.1 Å². The van der Waals surface area contributed by atoms with Crippen molar-refractivity contribution in [3.8, 4) is 0 Å². The number of aliphatic hydroxyl groups excluding tert-OH is 1. The van der Waals surface area contributed by atoms with Crippen LogP contribution in [-0.2, 0) is 4.74 Å². The molecule has 0 radical (unpaired) electrons. The largest absolute Gasteiger partial charge is 0.368 e. The van der Waals surface area contributed by atoms with Gasteiger partial charge in [0.05, 0.1) is 5.92 Å². The molecule has 1 fully saturated rings. The van der Waals surface area contributed by atoms with Crippen LogP contribution in [0.3, 0.4) is 0 Å². The van der Waals surface area contributed by atoms with E-state index in [0.29, 0.717) is 0 Å². The standard InChI is InChI=1S/C15H15NO4/c17-15-8-13(14(9-20-15)16(18)19)12-6-5-10-3-1-2-4-11(10)7-12/h1-7,13-15,17H,8-9H2/t13-,14+,15-/m0/s1. The Morgan fingerprint density at radius 3 is 2.70 bits per heavy atom. The molecule has 1 saturated heterocycles. The van der Waals surface area contributed by atoms with Gasteiger partial charge in [-0.3, -0.25) is 10.1 Å². The molecule has 0 spiro atoms. The minimum absolute atomic E-state index is 0.0499. The summed E-state index contributed by atoms with van der Waals surface area (Å²) in [6.07, 6.45) is -0.674. The minimum atomic E-state index is -0.928. The number of hydrogen-bond donors (Lipinski definition) is 1. The Hall–Kier alpha value is -1.98. The second kappa shape index (κ2) is 5.19. The molecule has 0 aromatic heterocycles. The van der Waals surface area contributed by atoms with Crippen molar-refractivity contribution in [1.29, 1.82) is 0 Å². The molecule has 5 nitrogen and oxygen atoms in total. The molecule has 1 N–H and O–H groups in total. The summed E-state index contributed by atoms with van der Waals surface area (Å²) in [6, 6.07) is 12.9. The third kappa shape index (κ3) is 2.37. The van der Waals surface area contributed by atoms with Crippen molar-refractivity contribution < 1.29 is 14.8 Å². The summed E-state index contributed by atoms with van der Waals surface area (Å²) < 4.78 is 5.00. The predicted octanol–water partition coefficient (Wildman–Crippen LogP) is 2.31. The van der Waals surface area contributed by atoms with Gasteiger partial charge < -0.3 is 9.84 Å². The van der Waals surface area contributed by atoms with Gasteiger partial charge in [-0.05, 0) is 16.3 Å². The highest BCUT2D eigenvalue weighted by Crippen LogP contribution is 2.32. The fourth-order valence-electron chi connectivity index (χ4n) is 2.77. The van der Waals surface area contributed by atoms with E-state index in [1.807, 2.05) is 42.5 Å². The van der Waals surface area contributed by atoms with Gasteiger partial charge in [0.15, 0.2) is 6.29 Å². The van der Waals surface area contributed by atoms with Crippen LogP contribution in [0.15, 0.2) is 42.5 Å². The molecule has 2 aromatic carbocycles. The Bertz CT molecular complexity index is 643. The first-order chi connectivity index (χ1) is 9.65. The lowest BCUT2D eigenvalue weighted by atomic mass is 9.86. The molecule has 5 heteroatoms. The predicted molar refractivity (Wildman–Crippen MR) is 74.0 cm³/mol. The molecule has 3 atom stereocenters. The molecule has 0 amide bonds. The maximum absolute atomic E-state index is 11.2. The van der Waals surface area contributed by atoms with Crippen molar-refractivity contribution in [2.75, 3.05) is 6.61 Å². The summed E-state index contributed by atoms with van der Waals surface area (Å²) in [4.78, 5) is 10.8. The number of benzene rings is 2. The van der Waals surface area contributed by atoms with Crippen LogP contribution in [0.5, 0.6) is 0 Å². The van der Waals surface area contributed by atoms with Crippen molar-refractivity contribution in [2.45, 2.75) is 24.7 Å². The summed E-state index contributed by atoms with van der Waals surface area (Å²) in [5.41, 5.74) is 0.882. The molecule has 3 rings (SSSR count). The summed E-state index contributed by atoms with van der Waals surface area (Å²) >= 11 is 0. The number of hydrogen-bond acceptors (Lipinski definition) is 4. The monoisotopic (exact) mass is 273 g/mol. The van der Waals surface area contributed by atoms with Gasteiger partial charge in [-0.15, -0.1) is 0 Å². The van der Waals surface area contributed by atoms with E-state index in [1.54, 1.807) is 0 Å². The molecule has 0 unspecified atom stereocenters. The van der Waals surface area contributed by atoms with Crippen molar-refractivity contribution in [1.82, 2.24) is 0 Å². The zero-order valence-corrected chi connectivity index (χ0v) is 10.8. The van der Waals surface area contributed by atoms with E-state index >= 15 is 0 Å². The quantitative estimate of drug-likeness (QED) is 0.673. The molecular weight excluding hydrogens is 258 g/mol. The third-order valence-electron chi connectivity index (χ3n) is 3.85. The van der Waals surface area contributed by atoms with Crippen molar-refractivity contribution in [3.63, 3.8) is 0 Å². The van der Waals surface area contributed by atoms with E-state index in [9.17, 15) is 15.2 Å². The zero-order valence-electron chi connectivity index (χ0n) is 10.8. The van der Waals surface area contributed by atoms with Gasteiger partial charge in [0.2, 0.25) is 6.04 Å². The van der Waals surface area contributed by atoms with E-state index in [0.717, 1.165) is 16.3 Å². The highest BCUT2D eigenvalue weighted by Gasteiger charge is 2.39. The lowest BCUT2D eigenvalue weighted by molar-refractivity contribution is -0.538. The van der Waals surface area contributed by atoms with Crippen LogP contribution in [-0.4, -0.2) is 29.0 Å². The summed E-state index contributed by atoms with van der Waals surface area (Å²) in [5.74, 6) is -0.321. The van der Waals surface area contributed by atoms with Crippen LogP contribution in [0.25, 0.3) is 10.8 Å². The highest BCUT2D eigenvalue weighted by molar-refractivity contribution is 5.83. The van der Waals surface area contributed by atoms with Crippen LogP contribution in [0, 0.1) is 10.1 Å². The Balaban J connectivity index is 2.00. The van der Waals surface area contributed by atoms with Gasteiger partial charge in [0, 0.05) is 11.3 Å². The van der Waals surface area contributed by atoms with E-state index in [4.69, 9.17) is 4.74 Å². The summed E-state index contributed by atoms with van der Waals surface area (Å²) in [7, 11) is 0. The van der Waals surface area contributed by atoms with Gasteiger partial charge >= 0.3 is 0 Å². The average Bonchev–Trinajstić information content (AvgIpc) is 2.46. The Kier molecular flexibility index (Phi) is 3.38. The molecular formula is C15H15NO4. The number of fused-ring (bicyclic) bond motifs is 1. The van der Waals surface area contributed by atoms with E-state index in [-0.39, 0.29) is 23.9 Å². The molecule has 0 bridgehead atoms. The van der Waals surface area contributed by atoms with Gasteiger partial charge in [-0.25, -0.2) is 0 Å². The maximum Gasteiger partial charge on any atom is 0.243 e. The molecule has 2 aromatic rings. The van der Waals surface area contributed by atoms with E-state index < -0.39 is 12.3 Å². The first-order valence-electron chi connectivity index (χ1n) is 6.57. The van der Waals surface area contributed by atoms with Gasteiger partial charge in [0.25, 0.3) is 0 Å². The zero-order chi connectivity index (χ0) is 14.1. The fraction of sp³-hybridized carbons (Fsp3) is 0.333. The fourth-order valence-corrected chi connectivity index (χ4v) is 2.77. The smallest absolute Gasteiger partial charge is 0.243 e. The molecule has 0 aliphatic carbocycles. The van der Waals surface area contributed by atoms with Crippen LogP contribution in [0.4, 0.5) is 0 Å². The van der Waals surface area contributed by atoms with Crippen LogP contribution in [0.2, 0.25) is 0 Å². The lowest BCUT2D eigenvalue weighted by Gasteiger charge is -2.29. The summed E-state index contributed by atoms with van der Waals surface area (Å²) in [5, 5.41) is 22.9. The van der Waals surface area contributed by atoms with Gasteiger partial charge in [0.1, 0.15) is 6.61 Å². The van der Waals surface area contributed by atoms with Gasteiger partial charge in [-0.2, -0.15) is 0 Å². The number of nitro groups is 1. The Morgan fingerprint density at radius 2 is 1.95 bits per heavy atom. The lowest BCUT2D eigenvalue weighted by Crippen LogP contribution is -2.40. The second-order valence-electron chi connectivity index (χ2n) is 5.09. The number of ether oxygens (including phenoxy) is 1.